The van der Waals surface area contributed by atoms with Crippen molar-refractivity contribution in [3.8, 4) is 33.4 Å². The van der Waals surface area contributed by atoms with E-state index in [1.807, 2.05) is 12.1 Å². The van der Waals surface area contributed by atoms with Crippen molar-refractivity contribution in [3.05, 3.63) is 163 Å². The van der Waals surface area contributed by atoms with E-state index in [9.17, 15) is 0 Å². The van der Waals surface area contributed by atoms with Crippen LogP contribution in [0, 0.1) is 0 Å². The molecular weight excluding hydrogens is 609 g/mol. The largest absolute Gasteiger partial charge is 0.455 e. The number of hydrogen-bond donors (Lipinski definition) is 0. The van der Waals surface area contributed by atoms with Crippen LogP contribution >= 0.6 is 0 Å². The highest BCUT2D eigenvalue weighted by Crippen LogP contribution is 2.50. The molecule has 2 nitrogen and oxygen atoms in total. The van der Waals surface area contributed by atoms with Crippen molar-refractivity contribution in [1.82, 2.24) is 0 Å². The lowest BCUT2D eigenvalue weighted by Crippen LogP contribution is -2.03. The summed E-state index contributed by atoms with van der Waals surface area (Å²) in [5.41, 5.74) is 13.6. The summed E-state index contributed by atoms with van der Waals surface area (Å²) < 4.78 is 13.4. The molecule has 1 aliphatic rings. The fraction of sp³-hybridized carbons (Fsp3) is 0.0417. The van der Waals surface area contributed by atoms with Gasteiger partial charge in [0.05, 0.1) is 5.39 Å². The van der Waals surface area contributed by atoms with Crippen LogP contribution in [0.2, 0.25) is 0 Å². The van der Waals surface area contributed by atoms with Gasteiger partial charge in [-0.15, -0.1) is 0 Å². The van der Waals surface area contributed by atoms with Gasteiger partial charge in [-0.1, -0.05) is 133 Å². The zero-order valence-electron chi connectivity index (χ0n) is 27.2. The highest BCUT2D eigenvalue weighted by Gasteiger charge is 2.26. The first-order valence-corrected chi connectivity index (χ1v) is 17.4. The summed E-state index contributed by atoms with van der Waals surface area (Å²) in [5, 5.41) is 9.36. The smallest absolute Gasteiger partial charge is 0.147 e. The molecule has 0 radical (unpaired) electrons. The Balaban J connectivity index is 1.24. The van der Waals surface area contributed by atoms with Gasteiger partial charge in [0.25, 0.3) is 0 Å². The third-order valence-electron chi connectivity index (χ3n) is 10.7. The summed E-state index contributed by atoms with van der Waals surface area (Å²) >= 11 is 0. The Bertz CT molecular complexity index is 3040. The molecule has 2 heterocycles. The number of rotatable bonds is 3. The Morgan fingerprint density at radius 2 is 1.08 bits per heavy atom. The Labute approximate surface area is 288 Å². The van der Waals surface area contributed by atoms with E-state index >= 15 is 0 Å². The Morgan fingerprint density at radius 1 is 0.440 bits per heavy atom. The fourth-order valence-corrected chi connectivity index (χ4v) is 8.57. The van der Waals surface area contributed by atoms with E-state index in [0.29, 0.717) is 0 Å². The molecule has 0 spiro atoms. The molecule has 0 amide bonds. The first-order valence-electron chi connectivity index (χ1n) is 17.4. The van der Waals surface area contributed by atoms with Crippen LogP contribution < -0.4 is 0 Å². The molecule has 2 aromatic heterocycles. The molecule has 0 aliphatic heterocycles. The normalized spacial score (nSPS) is 13.0. The first kappa shape index (κ1) is 27.6. The molecule has 1 aliphatic carbocycles. The molecule has 8 aromatic carbocycles. The van der Waals surface area contributed by atoms with Gasteiger partial charge < -0.3 is 8.83 Å². The van der Waals surface area contributed by atoms with Crippen LogP contribution in [0.4, 0.5) is 0 Å². The number of fused-ring (bicyclic) bond motifs is 10. The van der Waals surface area contributed by atoms with Gasteiger partial charge in [-0.2, -0.15) is 0 Å². The van der Waals surface area contributed by atoms with E-state index < -0.39 is 0 Å². The molecular formula is C48H30O2. The van der Waals surface area contributed by atoms with Crippen LogP contribution in [0.5, 0.6) is 0 Å². The van der Waals surface area contributed by atoms with E-state index in [-0.39, 0.29) is 0 Å². The molecule has 0 saturated carbocycles. The third kappa shape index (κ3) is 3.90. The molecule has 0 atom stereocenters. The number of hydrogen-bond acceptors (Lipinski definition) is 2. The minimum atomic E-state index is 0.872. The van der Waals surface area contributed by atoms with Gasteiger partial charge in [-0.25, -0.2) is 0 Å². The van der Waals surface area contributed by atoms with Gasteiger partial charge >= 0.3 is 0 Å². The van der Waals surface area contributed by atoms with E-state index in [1.165, 1.54) is 60.5 Å². The van der Waals surface area contributed by atoms with E-state index in [0.717, 1.165) is 62.3 Å². The molecule has 11 rings (SSSR count). The van der Waals surface area contributed by atoms with Gasteiger partial charge in [-0.05, 0) is 97.6 Å². The van der Waals surface area contributed by atoms with Crippen LogP contribution in [0.25, 0.3) is 105 Å². The van der Waals surface area contributed by atoms with Crippen molar-refractivity contribution < 1.29 is 8.83 Å². The average molecular weight is 639 g/mol. The molecule has 0 N–H and O–H groups in total. The molecule has 2 heteroatoms. The van der Waals surface area contributed by atoms with Crippen LogP contribution in [-0.4, -0.2) is 0 Å². The standard InChI is InChI=1S/C48H30O2/c1-2-17-32-29(13-1)14-12-24-33(32)30-15-11-16-31(27-30)44-35-19-3-5-21-37(35)45(38-22-6-4-20-36(38)44)41-28-40-34-18-7-9-25-42(34)49-47(40)46-39-23-8-10-26-43(39)50-48(41)46/h1-5,7-21,23-28H,6,22H2. The maximum Gasteiger partial charge on any atom is 0.147 e. The van der Waals surface area contributed by atoms with Gasteiger partial charge in [0.1, 0.15) is 22.3 Å². The van der Waals surface area contributed by atoms with Crippen molar-refractivity contribution in [2.75, 3.05) is 0 Å². The van der Waals surface area contributed by atoms with Crippen molar-refractivity contribution in [2.45, 2.75) is 12.8 Å². The Hall–Kier alpha value is -6.38. The van der Waals surface area contributed by atoms with Crippen LogP contribution in [0.1, 0.15) is 17.5 Å². The van der Waals surface area contributed by atoms with Gasteiger partial charge in [0.15, 0.2) is 0 Å². The lowest BCUT2D eigenvalue weighted by atomic mass is 9.79. The molecule has 0 unspecified atom stereocenters. The number of allylic oxidation sites excluding steroid dienone is 1. The van der Waals surface area contributed by atoms with Crippen LogP contribution in [0.3, 0.4) is 0 Å². The fourth-order valence-electron chi connectivity index (χ4n) is 8.57. The maximum absolute atomic E-state index is 6.82. The predicted octanol–water partition coefficient (Wildman–Crippen LogP) is 13.8. The summed E-state index contributed by atoms with van der Waals surface area (Å²) in [6.45, 7) is 0. The highest BCUT2D eigenvalue weighted by molar-refractivity contribution is 6.27. The molecule has 0 fully saturated rings. The van der Waals surface area contributed by atoms with Crippen molar-refractivity contribution in [3.63, 3.8) is 0 Å². The lowest BCUT2D eigenvalue weighted by molar-refractivity contribution is 0.663. The maximum atomic E-state index is 6.82. The van der Waals surface area contributed by atoms with Gasteiger partial charge in [0, 0.05) is 21.7 Å². The second kappa shape index (κ2) is 10.6. The number of benzene rings is 8. The quantitative estimate of drug-likeness (QED) is 0.192. The van der Waals surface area contributed by atoms with Crippen LogP contribution in [-0.2, 0) is 6.42 Å². The zero-order valence-corrected chi connectivity index (χ0v) is 27.2. The highest BCUT2D eigenvalue weighted by atomic mass is 16.3. The predicted molar refractivity (Wildman–Crippen MR) is 210 cm³/mol. The minimum absolute atomic E-state index is 0.872. The average Bonchev–Trinajstić information content (AvgIpc) is 3.75. The second-order valence-corrected chi connectivity index (χ2v) is 13.4. The van der Waals surface area contributed by atoms with Crippen LogP contribution in [0.15, 0.2) is 161 Å². The number of furan rings is 2. The molecule has 0 bridgehead atoms. The zero-order chi connectivity index (χ0) is 32.8. The van der Waals surface area contributed by atoms with E-state index in [4.69, 9.17) is 8.83 Å². The summed E-state index contributed by atoms with van der Waals surface area (Å²) in [7, 11) is 0. The summed E-state index contributed by atoms with van der Waals surface area (Å²) in [6.07, 6.45) is 6.64. The lowest BCUT2D eigenvalue weighted by Gasteiger charge is -2.24. The Morgan fingerprint density at radius 3 is 1.94 bits per heavy atom. The van der Waals surface area contributed by atoms with E-state index in [2.05, 4.69) is 146 Å². The summed E-state index contributed by atoms with van der Waals surface area (Å²) in [6, 6.07) is 52.4. The van der Waals surface area contributed by atoms with Crippen molar-refractivity contribution in [2.24, 2.45) is 0 Å². The molecule has 234 valence electrons. The minimum Gasteiger partial charge on any atom is -0.455 e. The molecule has 10 aromatic rings. The summed E-state index contributed by atoms with van der Waals surface area (Å²) in [4.78, 5) is 0. The second-order valence-electron chi connectivity index (χ2n) is 13.4. The summed E-state index contributed by atoms with van der Waals surface area (Å²) in [5.74, 6) is 0. The monoisotopic (exact) mass is 638 g/mol. The first-order chi connectivity index (χ1) is 24.8. The van der Waals surface area contributed by atoms with Crippen molar-refractivity contribution in [1.29, 1.82) is 0 Å². The Kier molecular flexibility index (Phi) is 5.82. The van der Waals surface area contributed by atoms with Gasteiger partial charge in [-0.3, -0.25) is 0 Å². The molecule has 0 saturated heterocycles. The van der Waals surface area contributed by atoms with Crippen molar-refractivity contribution >= 4 is 71.5 Å². The number of para-hydroxylation sites is 2. The van der Waals surface area contributed by atoms with E-state index in [1.54, 1.807) is 0 Å². The molecule has 50 heavy (non-hydrogen) atoms. The topological polar surface area (TPSA) is 26.3 Å². The third-order valence-corrected chi connectivity index (χ3v) is 10.7. The SMILES string of the molecule is C1=Cc2c(c(-c3cc4c5ccccc5oc4c4c3oc3ccccc34)c3ccccc3c2-c2cccc(-c3cccc4ccccc34)c2)CC1. The van der Waals surface area contributed by atoms with Gasteiger partial charge in [0.2, 0.25) is 0 Å².